The number of carbonyl (C=O) groups excluding carboxylic acids is 1. The Morgan fingerprint density at radius 3 is 2.94 bits per heavy atom. The molecule has 2 aromatic heterocycles. The number of imidazole rings is 1. The predicted octanol–water partition coefficient (Wildman–Crippen LogP) is 1.63. The second kappa shape index (κ2) is 5.16. The van der Waals surface area contributed by atoms with Crippen LogP contribution in [0.2, 0.25) is 0 Å². The van der Waals surface area contributed by atoms with Crippen LogP contribution in [0.5, 0.6) is 0 Å². The minimum absolute atomic E-state index is 0.0119. The number of H-pyrrole nitrogens is 1. The van der Waals surface area contributed by atoms with Crippen LogP contribution in [0.3, 0.4) is 0 Å². The van der Waals surface area contributed by atoms with Gasteiger partial charge in [-0.05, 0) is 18.6 Å². The average Bonchev–Trinajstić information content (AvgIpc) is 2.90. The van der Waals surface area contributed by atoms with Gasteiger partial charge in [-0.1, -0.05) is 0 Å². The van der Waals surface area contributed by atoms with E-state index in [1.54, 1.807) is 12.4 Å². The molecule has 0 atom stereocenters. The number of carbonyl (C=O) groups is 1. The first-order valence-corrected chi connectivity index (χ1v) is 5.24. The molecule has 2 rings (SSSR count). The van der Waals surface area contributed by atoms with Gasteiger partial charge in [0.25, 0.3) is 0 Å². The van der Waals surface area contributed by atoms with Gasteiger partial charge in [0.05, 0.1) is 0 Å². The van der Waals surface area contributed by atoms with Gasteiger partial charge in [0.1, 0.15) is 0 Å². The normalized spacial score (nSPS) is 10.2. The zero-order chi connectivity index (χ0) is 11.2. The lowest BCUT2D eigenvalue weighted by Gasteiger charge is -2.03. The van der Waals surface area contributed by atoms with E-state index >= 15 is 0 Å². The summed E-state index contributed by atoms with van der Waals surface area (Å²) in [4.78, 5) is 18.2. The first kappa shape index (κ1) is 10.5. The Labute approximate surface area is 93.5 Å². The molecule has 0 fully saturated rings. The Morgan fingerprint density at radius 1 is 1.44 bits per heavy atom. The third kappa shape index (κ3) is 2.98. The maximum Gasteiger partial charge on any atom is 0.226 e. The van der Waals surface area contributed by atoms with Crippen LogP contribution >= 0.6 is 0 Å². The zero-order valence-electron chi connectivity index (χ0n) is 8.89. The highest BCUT2D eigenvalue weighted by Crippen LogP contribution is 2.00. The number of aromatic nitrogens is 3. The molecule has 2 aromatic rings. The van der Waals surface area contributed by atoms with E-state index in [1.807, 2.05) is 24.5 Å². The maximum atomic E-state index is 11.5. The molecule has 0 aromatic carbocycles. The zero-order valence-corrected chi connectivity index (χ0v) is 8.89. The second-order valence-corrected chi connectivity index (χ2v) is 3.51. The van der Waals surface area contributed by atoms with E-state index in [0.717, 1.165) is 13.0 Å². The van der Waals surface area contributed by atoms with Crippen molar-refractivity contribution in [1.29, 1.82) is 0 Å². The predicted molar refractivity (Wildman–Crippen MR) is 60.9 cm³/mol. The van der Waals surface area contributed by atoms with Crippen LogP contribution < -0.4 is 5.32 Å². The molecular formula is C11H14N4O. The number of nitrogens with zero attached hydrogens (tertiary/aromatic N) is 2. The van der Waals surface area contributed by atoms with Crippen molar-refractivity contribution in [3.05, 3.63) is 36.9 Å². The molecule has 0 unspecified atom stereocenters. The van der Waals surface area contributed by atoms with Crippen molar-refractivity contribution >= 4 is 11.9 Å². The highest BCUT2D eigenvalue weighted by molar-refractivity contribution is 5.88. The Kier molecular flexibility index (Phi) is 3.38. The van der Waals surface area contributed by atoms with Gasteiger partial charge in [-0.2, -0.15) is 0 Å². The van der Waals surface area contributed by atoms with Crippen molar-refractivity contribution < 1.29 is 4.79 Å². The summed E-state index contributed by atoms with van der Waals surface area (Å²) in [5, 5.41) is 2.69. The third-order valence-electron chi connectivity index (χ3n) is 2.24. The van der Waals surface area contributed by atoms with E-state index in [0.29, 0.717) is 12.4 Å². The summed E-state index contributed by atoms with van der Waals surface area (Å²) in [5.41, 5.74) is 0. The number of hydrogen-bond acceptors (Lipinski definition) is 2. The van der Waals surface area contributed by atoms with Crippen molar-refractivity contribution in [1.82, 2.24) is 14.5 Å². The van der Waals surface area contributed by atoms with Crippen molar-refractivity contribution in [2.45, 2.75) is 19.4 Å². The number of aryl methyl sites for hydroxylation is 1. The lowest BCUT2D eigenvalue weighted by atomic mass is 10.3. The molecule has 1 amide bonds. The molecule has 0 aliphatic rings. The van der Waals surface area contributed by atoms with Crippen LogP contribution in [0, 0.1) is 0 Å². The lowest BCUT2D eigenvalue weighted by Crippen LogP contribution is -2.13. The van der Waals surface area contributed by atoms with Gasteiger partial charge in [0.15, 0.2) is 0 Å². The van der Waals surface area contributed by atoms with E-state index in [9.17, 15) is 4.79 Å². The van der Waals surface area contributed by atoms with E-state index in [-0.39, 0.29) is 5.91 Å². The Balaban J connectivity index is 1.68. The van der Waals surface area contributed by atoms with Crippen LogP contribution in [-0.2, 0) is 11.3 Å². The van der Waals surface area contributed by atoms with E-state index in [1.165, 1.54) is 0 Å². The quantitative estimate of drug-likeness (QED) is 0.801. The van der Waals surface area contributed by atoms with Crippen LogP contribution in [0.4, 0.5) is 5.95 Å². The summed E-state index contributed by atoms with van der Waals surface area (Å²) in [6.07, 6.45) is 8.58. The van der Waals surface area contributed by atoms with Crippen LogP contribution in [-0.4, -0.2) is 20.4 Å². The highest BCUT2D eigenvalue weighted by Gasteiger charge is 2.02. The van der Waals surface area contributed by atoms with Gasteiger partial charge in [-0.15, -0.1) is 0 Å². The number of anilines is 1. The summed E-state index contributed by atoms with van der Waals surface area (Å²) in [7, 11) is 0. The number of nitrogens with one attached hydrogen (secondary N) is 2. The fraction of sp³-hybridized carbons (Fsp3) is 0.273. The molecule has 5 heteroatoms. The fourth-order valence-corrected chi connectivity index (χ4v) is 1.47. The molecule has 5 nitrogen and oxygen atoms in total. The van der Waals surface area contributed by atoms with E-state index in [4.69, 9.17) is 0 Å². The molecule has 0 spiro atoms. The molecule has 16 heavy (non-hydrogen) atoms. The topological polar surface area (TPSA) is 62.7 Å². The largest absolute Gasteiger partial charge is 0.354 e. The summed E-state index contributed by atoms with van der Waals surface area (Å²) in [6, 6.07) is 3.95. The van der Waals surface area contributed by atoms with E-state index < -0.39 is 0 Å². The molecular weight excluding hydrogens is 204 g/mol. The molecule has 0 radical (unpaired) electrons. The number of hydrogen-bond donors (Lipinski definition) is 2. The smallest absolute Gasteiger partial charge is 0.226 e. The molecule has 0 saturated heterocycles. The molecule has 0 saturated carbocycles. The summed E-state index contributed by atoms with van der Waals surface area (Å²) in [5.74, 6) is 0.494. The summed E-state index contributed by atoms with van der Waals surface area (Å²) in [6.45, 7) is 0.860. The third-order valence-corrected chi connectivity index (χ3v) is 2.24. The van der Waals surface area contributed by atoms with Gasteiger partial charge >= 0.3 is 0 Å². The van der Waals surface area contributed by atoms with Gasteiger partial charge in [0.2, 0.25) is 11.9 Å². The molecule has 0 aliphatic carbocycles. The summed E-state index contributed by atoms with van der Waals surface area (Å²) < 4.78 is 2.06. The molecule has 0 aliphatic heterocycles. The van der Waals surface area contributed by atoms with Crippen molar-refractivity contribution in [2.24, 2.45) is 0 Å². The van der Waals surface area contributed by atoms with Crippen molar-refractivity contribution in [3.8, 4) is 0 Å². The number of aromatic amines is 1. The Bertz CT molecular complexity index is 419. The standard InChI is InChI=1S/C11H14N4O/c16-10(14-11-12-5-6-13-11)4-3-9-15-7-1-2-8-15/h1-2,5-8H,3-4,9H2,(H2,12,13,14,16). The van der Waals surface area contributed by atoms with Crippen LogP contribution in [0.25, 0.3) is 0 Å². The SMILES string of the molecule is O=C(CCCn1cccc1)Nc1ncc[nH]1. The van der Waals surface area contributed by atoms with Gasteiger partial charge in [-0.3, -0.25) is 10.1 Å². The molecule has 2 heterocycles. The fourth-order valence-electron chi connectivity index (χ4n) is 1.47. The van der Waals surface area contributed by atoms with Gasteiger partial charge in [0, 0.05) is 37.8 Å². The number of amides is 1. The summed E-state index contributed by atoms with van der Waals surface area (Å²) >= 11 is 0. The second-order valence-electron chi connectivity index (χ2n) is 3.51. The lowest BCUT2D eigenvalue weighted by molar-refractivity contribution is -0.116. The van der Waals surface area contributed by atoms with Crippen LogP contribution in [0.15, 0.2) is 36.9 Å². The minimum Gasteiger partial charge on any atom is -0.354 e. The minimum atomic E-state index is -0.0119. The molecule has 0 bridgehead atoms. The molecule has 84 valence electrons. The number of rotatable bonds is 5. The van der Waals surface area contributed by atoms with Crippen molar-refractivity contribution in [2.75, 3.05) is 5.32 Å². The molecule has 2 N–H and O–H groups in total. The van der Waals surface area contributed by atoms with Crippen molar-refractivity contribution in [3.63, 3.8) is 0 Å². The van der Waals surface area contributed by atoms with Crippen LogP contribution in [0.1, 0.15) is 12.8 Å². The average molecular weight is 218 g/mol. The maximum absolute atomic E-state index is 11.5. The van der Waals surface area contributed by atoms with Gasteiger partial charge in [-0.25, -0.2) is 4.98 Å². The van der Waals surface area contributed by atoms with Gasteiger partial charge < -0.3 is 9.55 Å². The highest BCUT2D eigenvalue weighted by atomic mass is 16.1. The monoisotopic (exact) mass is 218 g/mol. The Hall–Kier alpha value is -2.04. The first-order chi connectivity index (χ1) is 7.84. The Morgan fingerprint density at radius 2 is 2.25 bits per heavy atom. The van der Waals surface area contributed by atoms with E-state index in [2.05, 4.69) is 19.9 Å². The first-order valence-electron chi connectivity index (χ1n) is 5.24.